The maximum Gasteiger partial charge on any atom is 0.167 e. The molecule has 0 aliphatic rings. The molecule has 6 heteroatoms. The molecule has 0 amide bonds. The molecule has 0 atom stereocenters. The maximum absolute atomic E-state index is 9.75. The molecule has 3 N–H and O–H groups in total. The van der Waals surface area contributed by atoms with E-state index in [0.717, 1.165) is 0 Å². The van der Waals surface area contributed by atoms with Crippen molar-refractivity contribution in [3.8, 4) is 11.5 Å². The van der Waals surface area contributed by atoms with Gasteiger partial charge in [0.05, 0.1) is 18.3 Å². The molecule has 0 saturated heterocycles. The Bertz CT molecular complexity index is 491. The lowest BCUT2D eigenvalue weighted by Crippen LogP contribution is -1.92. The van der Waals surface area contributed by atoms with Crippen LogP contribution in [0, 0.1) is 0 Å². The Hall–Kier alpha value is -1.39. The second-order valence-corrected chi connectivity index (χ2v) is 2.92. The molecule has 2 rings (SSSR count). The van der Waals surface area contributed by atoms with Gasteiger partial charge in [-0.05, 0) is 12.1 Å². The minimum atomic E-state index is 0. The summed E-state index contributed by atoms with van der Waals surface area (Å²) in [5.74, 6) is 0.438. The van der Waals surface area contributed by atoms with Crippen molar-refractivity contribution in [1.82, 2.24) is 4.98 Å². The smallest absolute Gasteiger partial charge is 0.167 e. The number of rotatable bonds is 1. The third-order valence-electron chi connectivity index (χ3n) is 2.08. The van der Waals surface area contributed by atoms with Gasteiger partial charge in [0, 0.05) is 17.6 Å². The number of aromatic nitrogens is 1. The first-order chi connectivity index (χ1) is 6.74. The number of nitrogen functional groups attached to an aromatic ring is 1. The van der Waals surface area contributed by atoms with Gasteiger partial charge in [-0.3, -0.25) is 4.98 Å². The summed E-state index contributed by atoms with van der Waals surface area (Å²) in [7, 11) is 1.48. The van der Waals surface area contributed by atoms with Crippen molar-refractivity contribution in [3.63, 3.8) is 0 Å². The van der Waals surface area contributed by atoms with Crippen LogP contribution in [0.1, 0.15) is 0 Å². The number of fused-ring (bicyclic) bond motifs is 1. The number of nitrogens with zero attached hydrogens (tertiary/aromatic N) is 1. The molecule has 88 valence electrons. The normalized spacial score (nSPS) is 9.06. The van der Waals surface area contributed by atoms with Crippen LogP contribution >= 0.6 is 24.8 Å². The zero-order valence-electron chi connectivity index (χ0n) is 8.51. The number of halogens is 2. The van der Waals surface area contributed by atoms with E-state index >= 15 is 0 Å². The Balaban J connectivity index is 0.00000112. The lowest BCUT2D eigenvalue weighted by molar-refractivity contribution is 0.376. The van der Waals surface area contributed by atoms with Crippen molar-refractivity contribution in [2.75, 3.05) is 12.8 Å². The third kappa shape index (κ3) is 2.23. The molecular formula is C10H12Cl2N2O2. The molecule has 1 heterocycles. The van der Waals surface area contributed by atoms with Gasteiger partial charge < -0.3 is 15.6 Å². The number of anilines is 1. The summed E-state index contributed by atoms with van der Waals surface area (Å²) in [6, 6.07) is 5.04. The van der Waals surface area contributed by atoms with Crippen LogP contribution in [0.25, 0.3) is 10.9 Å². The SMILES string of the molecule is COc1cc(N)c2ncccc2c1O.Cl.Cl. The van der Waals surface area contributed by atoms with Crippen molar-refractivity contribution in [1.29, 1.82) is 0 Å². The van der Waals surface area contributed by atoms with Gasteiger partial charge in [-0.25, -0.2) is 0 Å². The van der Waals surface area contributed by atoms with Crippen molar-refractivity contribution in [2.45, 2.75) is 0 Å². The van der Waals surface area contributed by atoms with Crippen molar-refractivity contribution in [3.05, 3.63) is 24.4 Å². The average Bonchev–Trinajstić information content (AvgIpc) is 2.23. The molecule has 16 heavy (non-hydrogen) atoms. The number of hydrogen-bond donors (Lipinski definition) is 2. The van der Waals surface area contributed by atoms with Gasteiger partial charge in [0.15, 0.2) is 11.5 Å². The van der Waals surface area contributed by atoms with E-state index in [1.165, 1.54) is 7.11 Å². The Morgan fingerprint density at radius 3 is 2.69 bits per heavy atom. The van der Waals surface area contributed by atoms with Gasteiger partial charge in [0.2, 0.25) is 0 Å². The number of hydrogen-bond acceptors (Lipinski definition) is 4. The number of phenols is 1. The van der Waals surface area contributed by atoms with E-state index in [1.54, 1.807) is 24.4 Å². The summed E-state index contributed by atoms with van der Waals surface area (Å²) < 4.78 is 4.98. The molecule has 0 unspecified atom stereocenters. The first kappa shape index (κ1) is 14.6. The lowest BCUT2D eigenvalue weighted by atomic mass is 10.1. The molecule has 0 spiro atoms. The molecule has 0 saturated carbocycles. The van der Waals surface area contributed by atoms with E-state index in [-0.39, 0.29) is 30.6 Å². The molecular weight excluding hydrogens is 251 g/mol. The summed E-state index contributed by atoms with van der Waals surface area (Å²) in [4.78, 5) is 4.08. The highest BCUT2D eigenvalue weighted by Crippen LogP contribution is 2.36. The van der Waals surface area contributed by atoms with E-state index in [1.807, 2.05) is 0 Å². The fourth-order valence-corrected chi connectivity index (χ4v) is 1.39. The zero-order valence-corrected chi connectivity index (χ0v) is 10.1. The fraction of sp³-hybridized carbons (Fsp3) is 0.100. The Labute approximate surface area is 105 Å². The molecule has 0 fully saturated rings. The Morgan fingerprint density at radius 2 is 2.06 bits per heavy atom. The highest BCUT2D eigenvalue weighted by atomic mass is 35.5. The van der Waals surface area contributed by atoms with E-state index in [0.29, 0.717) is 22.3 Å². The molecule has 1 aromatic carbocycles. The summed E-state index contributed by atoms with van der Waals surface area (Å²) in [6.07, 6.45) is 1.63. The highest BCUT2D eigenvalue weighted by molar-refractivity contribution is 5.95. The largest absolute Gasteiger partial charge is 0.504 e. The number of nitrogens with two attached hydrogens (primary N) is 1. The maximum atomic E-state index is 9.75. The number of ether oxygens (including phenoxy) is 1. The van der Waals surface area contributed by atoms with Crippen molar-refractivity contribution in [2.24, 2.45) is 0 Å². The first-order valence-corrected chi connectivity index (χ1v) is 4.14. The Kier molecular flexibility index (Phi) is 5.14. The fourth-order valence-electron chi connectivity index (χ4n) is 1.39. The Morgan fingerprint density at radius 1 is 1.38 bits per heavy atom. The average molecular weight is 263 g/mol. The predicted octanol–water partition coefficient (Wildman–Crippen LogP) is 2.37. The molecule has 2 aromatic rings. The molecule has 0 radical (unpaired) electrons. The number of pyridine rings is 1. The summed E-state index contributed by atoms with van der Waals surface area (Å²) in [5.41, 5.74) is 6.83. The molecule has 1 aromatic heterocycles. The van der Waals surface area contributed by atoms with Crippen LogP contribution in [-0.2, 0) is 0 Å². The van der Waals surface area contributed by atoms with Crippen LogP contribution in [0.3, 0.4) is 0 Å². The zero-order chi connectivity index (χ0) is 10.1. The highest BCUT2D eigenvalue weighted by Gasteiger charge is 2.09. The van der Waals surface area contributed by atoms with E-state index < -0.39 is 0 Å². The van der Waals surface area contributed by atoms with Gasteiger partial charge in [-0.15, -0.1) is 24.8 Å². The number of benzene rings is 1. The van der Waals surface area contributed by atoms with Crippen molar-refractivity contribution < 1.29 is 9.84 Å². The molecule has 0 aliphatic carbocycles. The number of aromatic hydroxyl groups is 1. The van der Waals surface area contributed by atoms with Gasteiger partial charge in [-0.2, -0.15) is 0 Å². The topological polar surface area (TPSA) is 68.4 Å². The monoisotopic (exact) mass is 262 g/mol. The van der Waals surface area contributed by atoms with Gasteiger partial charge in [-0.1, -0.05) is 0 Å². The van der Waals surface area contributed by atoms with Crippen molar-refractivity contribution >= 4 is 41.4 Å². The minimum Gasteiger partial charge on any atom is -0.504 e. The van der Waals surface area contributed by atoms with E-state index in [2.05, 4.69) is 4.98 Å². The predicted molar refractivity (Wildman–Crippen MR) is 68.9 cm³/mol. The molecule has 0 aliphatic heterocycles. The molecule has 4 nitrogen and oxygen atoms in total. The number of methoxy groups -OCH3 is 1. The van der Waals surface area contributed by atoms with Crippen LogP contribution < -0.4 is 10.5 Å². The summed E-state index contributed by atoms with van der Waals surface area (Å²) in [5, 5.41) is 10.4. The van der Waals surface area contributed by atoms with Crippen LogP contribution in [-0.4, -0.2) is 17.2 Å². The number of phenolic OH excluding ortho intramolecular Hbond substituents is 1. The van der Waals surface area contributed by atoms with Gasteiger partial charge in [0.1, 0.15) is 0 Å². The second-order valence-electron chi connectivity index (χ2n) is 2.92. The van der Waals surface area contributed by atoms with Gasteiger partial charge in [0.25, 0.3) is 0 Å². The van der Waals surface area contributed by atoms with Crippen LogP contribution in [0.2, 0.25) is 0 Å². The summed E-state index contributed by atoms with van der Waals surface area (Å²) >= 11 is 0. The second kappa shape index (κ2) is 5.63. The minimum absolute atomic E-state index is 0. The third-order valence-corrected chi connectivity index (χ3v) is 2.08. The first-order valence-electron chi connectivity index (χ1n) is 4.14. The molecule has 0 bridgehead atoms. The standard InChI is InChI=1S/C10H10N2O2.2ClH/c1-14-8-5-7(11)9-6(10(8)13)3-2-4-12-9;;/h2-5,13H,11H2,1H3;2*1H. The van der Waals surface area contributed by atoms with Crippen LogP contribution in [0.5, 0.6) is 11.5 Å². The van der Waals surface area contributed by atoms with Crippen LogP contribution in [0.15, 0.2) is 24.4 Å². The van der Waals surface area contributed by atoms with E-state index in [4.69, 9.17) is 10.5 Å². The van der Waals surface area contributed by atoms with Crippen LogP contribution in [0.4, 0.5) is 5.69 Å². The summed E-state index contributed by atoms with van der Waals surface area (Å²) in [6.45, 7) is 0. The quantitative estimate of drug-likeness (QED) is 0.612. The van der Waals surface area contributed by atoms with Gasteiger partial charge >= 0.3 is 0 Å². The lowest BCUT2D eigenvalue weighted by Gasteiger charge is -2.08. The van der Waals surface area contributed by atoms with E-state index in [9.17, 15) is 5.11 Å².